The van der Waals surface area contributed by atoms with E-state index in [1.807, 2.05) is 13.8 Å². The maximum Gasteiger partial charge on any atom is 0.328 e. The normalized spacial score (nSPS) is 11.7. The van der Waals surface area contributed by atoms with Gasteiger partial charge in [0, 0.05) is 12.5 Å². The van der Waals surface area contributed by atoms with Gasteiger partial charge in [-0.2, -0.15) is 0 Å². The number of methoxy groups -OCH3 is 1. The Morgan fingerprint density at radius 1 is 1.26 bits per heavy atom. The molecule has 1 atom stereocenters. The lowest BCUT2D eigenvalue weighted by molar-refractivity contribution is -0.143. The molecule has 0 bridgehead atoms. The maximum absolute atomic E-state index is 13.6. The van der Waals surface area contributed by atoms with Crippen molar-refractivity contribution in [1.82, 2.24) is 5.32 Å². The molecule has 2 amide bonds. The van der Waals surface area contributed by atoms with Gasteiger partial charge in [-0.15, -0.1) is 0 Å². The average Bonchev–Trinajstić information content (AvgIpc) is 2.46. The van der Waals surface area contributed by atoms with E-state index in [1.165, 1.54) is 26.2 Å². The Bertz CT molecular complexity index is 602. The summed E-state index contributed by atoms with van der Waals surface area (Å²) in [6.45, 7) is 5.06. The number of halogens is 1. The summed E-state index contributed by atoms with van der Waals surface area (Å²) in [6, 6.07) is 2.78. The fourth-order valence-corrected chi connectivity index (χ4v) is 2.02. The third-order valence-corrected chi connectivity index (χ3v) is 3.04. The second-order valence-corrected chi connectivity index (χ2v) is 5.55. The zero-order valence-electron chi connectivity index (χ0n) is 13.6. The molecule has 0 fully saturated rings. The number of esters is 1. The molecule has 7 heteroatoms. The number of benzene rings is 1. The summed E-state index contributed by atoms with van der Waals surface area (Å²) < 4.78 is 18.3. The van der Waals surface area contributed by atoms with E-state index >= 15 is 0 Å². The van der Waals surface area contributed by atoms with Crippen LogP contribution in [0.25, 0.3) is 0 Å². The topological polar surface area (TPSA) is 84.5 Å². The van der Waals surface area contributed by atoms with E-state index in [0.717, 1.165) is 6.07 Å². The van der Waals surface area contributed by atoms with E-state index in [9.17, 15) is 18.8 Å². The van der Waals surface area contributed by atoms with Crippen LogP contribution in [0.5, 0.6) is 0 Å². The summed E-state index contributed by atoms with van der Waals surface area (Å²) in [4.78, 5) is 35.0. The number of carbonyl (C=O) groups is 3. The maximum atomic E-state index is 13.6. The Hall–Kier alpha value is -2.44. The van der Waals surface area contributed by atoms with Crippen molar-refractivity contribution in [2.75, 3.05) is 12.4 Å². The number of nitrogens with one attached hydrogen (secondary N) is 2. The van der Waals surface area contributed by atoms with E-state index in [2.05, 4.69) is 15.4 Å². The smallest absolute Gasteiger partial charge is 0.328 e. The number of carbonyl (C=O) groups excluding carboxylic acids is 3. The second-order valence-electron chi connectivity index (χ2n) is 5.55. The standard InChI is InChI=1S/C16H21FN2O4/c1-9(2)7-14(16(22)23-4)19-15(21)11-5-6-12(17)13(8-11)18-10(3)20/h5-6,8-9,14H,7H2,1-4H3,(H,18,20)(H,19,21). The summed E-state index contributed by atoms with van der Waals surface area (Å²) in [7, 11) is 1.24. The molecule has 6 nitrogen and oxygen atoms in total. The van der Waals surface area contributed by atoms with Gasteiger partial charge in [0.25, 0.3) is 5.91 Å². The first kappa shape index (κ1) is 18.6. The van der Waals surface area contributed by atoms with Gasteiger partial charge in [-0.1, -0.05) is 13.8 Å². The predicted molar refractivity (Wildman–Crippen MR) is 83.4 cm³/mol. The van der Waals surface area contributed by atoms with Gasteiger partial charge >= 0.3 is 5.97 Å². The van der Waals surface area contributed by atoms with Crippen LogP contribution < -0.4 is 10.6 Å². The Balaban J connectivity index is 2.94. The van der Waals surface area contributed by atoms with Crippen LogP contribution in [0, 0.1) is 11.7 Å². The SMILES string of the molecule is COC(=O)C(CC(C)C)NC(=O)c1ccc(F)c(NC(C)=O)c1. The van der Waals surface area contributed by atoms with Crippen LogP contribution in [0.15, 0.2) is 18.2 Å². The third-order valence-electron chi connectivity index (χ3n) is 3.04. The van der Waals surface area contributed by atoms with Crippen molar-refractivity contribution in [3.05, 3.63) is 29.6 Å². The van der Waals surface area contributed by atoms with Gasteiger partial charge in [-0.3, -0.25) is 9.59 Å². The van der Waals surface area contributed by atoms with E-state index in [-0.39, 0.29) is 17.2 Å². The van der Waals surface area contributed by atoms with Gasteiger partial charge < -0.3 is 15.4 Å². The minimum atomic E-state index is -0.790. The molecule has 0 saturated heterocycles. The minimum Gasteiger partial charge on any atom is -0.467 e. The minimum absolute atomic E-state index is 0.0939. The molecule has 1 unspecified atom stereocenters. The summed E-state index contributed by atoms with van der Waals surface area (Å²) in [5, 5.41) is 4.87. The third kappa shape index (κ3) is 5.69. The van der Waals surface area contributed by atoms with Crippen LogP contribution in [0.3, 0.4) is 0 Å². The van der Waals surface area contributed by atoms with Gasteiger partial charge in [0.15, 0.2) is 0 Å². The number of hydrogen-bond donors (Lipinski definition) is 2. The van der Waals surface area contributed by atoms with Crippen molar-refractivity contribution >= 4 is 23.5 Å². The second kappa shape index (κ2) is 8.26. The molecule has 2 N–H and O–H groups in total. The molecule has 0 heterocycles. The number of rotatable bonds is 6. The Morgan fingerprint density at radius 3 is 2.43 bits per heavy atom. The molecule has 1 aromatic carbocycles. The summed E-state index contributed by atoms with van der Waals surface area (Å²) in [5.74, 6) is -2.02. The highest BCUT2D eigenvalue weighted by Gasteiger charge is 2.23. The van der Waals surface area contributed by atoms with E-state index in [4.69, 9.17) is 0 Å². The predicted octanol–water partition coefficient (Wildman–Crippen LogP) is 2.10. The van der Waals surface area contributed by atoms with Crippen molar-refractivity contribution in [2.45, 2.75) is 33.2 Å². The Morgan fingerprint density at radius 2 is 1.91 bits per heavy atom. The lowest BCUT2D eigenvalue weighted by atomic mass is 10.0. The fraction of sp³-hybridized carbons (Fsp3) is 0.438. The van der Waals surface area contributed by atoms with E-state index in [1.54, 1.807) is 0 Å². The van der Waals surface area contributed by atoms with Crippen LogP contribution in [-0.2, 0) is 14.3 Å². The van der Waals surface area contributed by atoms with Crippen LogP contribution in [-0.4, -0.2) is 30.9 Å². The highest BCUT2D eigenvalue weighted by molar-refractivity contribution is 5.98. The highest BCUT2D eigenvalue weighted by Crippen LogP contribution is 2.17. The summed E-state index contributed by atoms with van der Waals surface area (Å²) in [5.41, 5.74) is 0.0384. The fourth-order valence-electron chi connectivity index (χ4n) is 2.02. The van der Waals surface area contributed by atoms with Crippen molar-refractivity contribution in [3.8, 4) is 0 Å². The molecule has 1 aromatic rings. The molecule has 0 aliphatic carbocycles. The summed E-state index contributed by atoms with van der Waals surface area (Å²) >= 11 is 0. The molecule has 0 aliphatic heterocycles. The zero-order valence-corrected chi connectivity index (χ0v) is 13.6. The van der Waals surface area contributed by atoms with Gasteiger partial charge in [0.2, 0.25) is 5.91 Å². The molecular weight excluding hydrogens is 303 g/mol. The monoisotopic (exact) mass is 324 g/mol. The number of ether oxygens (including phenoxy) is 1. The molecule has 1 rings (SSSR count). The lowest BCUT2D eigenvalue weighted by Crippen LogP contribution is -2.42. The number of amides is 2. The van der Waals surface area contributed by atoms with Crippen molar-refractivity contribution in [2.24, 2.45) is 5.92 Å². The molecule has 0 spiro atoms. The largest absolute Gasteiger partial charge is 0.467 e. The van der Waals surface area contributed by atoms with Gasteiger partial charge in [0.1, 0.15) is 11.9 Å². The first-order chi connectivity index (χ1) is 10.7. The molecule has 0 aliphatic rings. The van der Waals surface area contributed by atoms with Crippen molar-refractivity contribution in [3.63, 3.8) is 0 Å². The van der Waals surface area contributed by atoms with Crippen LogP contribution in [0.1, 0.15) is 37.6 Å². The Kier molecular flexibility index (Phi) is 6.68. The van der Waals surface area contributed by atoms with Gasteiger partial charge in [-0.05, 0) is 30.5 Å². The quantitative estimate of drug-likeness (QED) is 0.785. The average molecular weight is 324 g/mol. The lowest BCUT2D eigenvalue weighted by Gasteiger charge is -2.18. The number of anilines is 1. The molecule has 0 saturated carbocycles. The molecule has 0 radical (unpaired) electrons. The Labute approximate surface area is 134 Å². The summed E-state index contributed by atoms with van der Waals surface area (Å²) in [6.07, 6.45) is 0.415. The molecule has 23 heavy (non-hydrogen) atoms. The zero-order chi connectivity index (χ0) is 17.6. The molecule has 0 aromatic heterocycles. The van der Waals surface area contributed by atoms with Crippen LogP contribution in [0.4, 0.5) is 10.1 Å². The number of hydrogen-bond acceptors (Lipinski definition) is 4. The van der Waals surface area contributed by atoms with Crippen molar-refractivity contribution < 1.29 is 23.5 Å². The first-order valence-electron chi connectivity index (χ1n) is 7.20. The van der Waals surface area contributed by atoms with Crippen LogP contribution >= 0.6 is 0 Å². The molecular formula is C16H21FN2O4. The van der Waals surface area contributed by atoms with Gasteiger partial charge in [0.05, 0.1) is 12.8 Å². The van der Waals surface area contributed by atoms with E-state index < -0.39 is 29.6 Å². The van der Waals surface area contributed by atoms with Crippen molar-refractivity contribution in [1.29, 1.82) is 0 Å². The highest BCUT2D eigenvalue weighted by atomic mass is 19.1. The van der Waals surface area contributed by atoms with Gasteiger partial charge in [-0.25, -0.2) is 9.18 Å². The molecule has 126 valence electrons. The van der Waals surface area contributed by atoms with Crippen LogP contribution in [0.2, 0.25) is 0 Å². The first-order valence-corrected chi connectivity index (χ1v) is 7.20. The van der Waals surface area contributed by atoms with E-state index in [0.29, 0.717) is 6.42 Å².